The van der Waals surface area contributed by atoms with Crippen LogP contribution in [0.5, 0.6) is 0 Å². The molecule has 1 aromatic heterocycles. The van der Waals surface area contributed by atoms with Gasteiger partial charge in [-0.25, -0.2) is 4.79 Å². The number of rotatable bonds is 5. The Bertz CT molecular complexity index is 893. The number of para-hydroxylation sites is 1. The van der Waals surface area contributed by atoms with Gasteiger partial charge in [-0.15, -0.1) is 0 Å². The zero-order chi connectivity index (χ0) is 16.9. The van der Waals surface area contributed by atoms with Gasteiger partial charge in [0.25, 0.3) is 0 Å². The van der Waals surface area contributed by atoms with E-state index >= 15 is 0 Å². The molecule has 0 unspecified atom stereocenters. The molecule has 0 bridgehead atoms. The molecule has 24 heavy (non-hydrogen) atoms. The molecule has 3 aromatic rings. The maximum absolute atomic E-state index is 11.7. The predicted octanol–water partition coefficient (Wildman–Crippen LogP) is 3.85. The fourth-order valence-electron chi connectivity index (χ4n) is 2.72. The summed E-state index contributed by atoms with van der Waals surface area (Å²) >= 11 is 0. The Hall–Kier alpha value is -3.01. The Labute approximate surface area is 140 Å². The van der Waals surface area contributed by atoms with Gasteiger partial charge in [0, 0.05) is 18.3 Å². The lowest BCUT2D eigenvalue weighted by atomic mass is 10.1. The lowest BCUT2D eigenvalue weighted by Crippen LogP contribution is -2.07. The normalized spacial score (nSPS) is 11.5. The van der Waals surface area contributed by atoms with Crippen molar-refractivity contribution in [3.05, 3.63) is 77.7 Å². The number of hydrogen-bond donors (Lipinski definition) is 0. The van der Waals surface area contributed by atoms with Crippen molar-refractivity contribution in [3.63, 3.8) is 0 Å². The van der Waals surface area contributed by atoms with Crippen LogP contribution in [0.2, 0.25) is 0 Å². The summed E-state index contributed by atoms with van der Waals surface area (Å²) in [4.78, 5) is 11.7. The van der Waals surface area contributed by atoms with Gasteiger partial charge in [0.05, 0.1) is 14.2 Å². The third-order valence-corrected chi connectivity index (χ3v) is 3.97. The first-order valence-electron chi connectivity index (χ1n) is 7.68. The largest absolute Gasteiger partial charge is 0.490 e. The topological polar surface area (TPSA) is 40.5 Å². The number of aromatic nitrogens is 1. The quantitative estimate of drug-likeness (QED) is 0.407. The maximum Gasteiger partial charge on any atom is 0.373 e. The first-order valence-corrected chi connectivity index (χ1v) is 7.68. The summed E-state index contributed by atoms with van der Waals surface area (Å²) in [7, 11) is 2.80. The minimum Gasteiger partial charge on any atom is -0.490 e. The van der Waals surface area contributed by atoms with Crippen LogP contribution in [0.15, 0.2) is 66.6 Å². The van der Waals surface area contributed by atoms with E-state index in [9.17, 15) is 4.79 Å². The van der Waals surface area contributed by atoms with E-state index < -0.39 is 5.97 Å². The van der Waals surface area contributed by atoms with E-state index in [0.717, 1.165) is 11.1 Å². The number of fused-ring (bicyclic) bond motifs is 1. The monoisotopic (exact) mass is 321 g/mol. The summed E-state index contributed by atoms with van der Waals surface area (Å²) in [5.41, 5.74) is 3.20. The van der Waals surface area contributed by atoms with Crippen molar-refractivity contribution in [2.24, 2.45) is 0 Å². The lowest BCUT2D eigenvalue weighted by molar-refractivity contribution is -0.139. The first-order chi connectivity index (χ1) is 11.7. The number of esters is 1. The Morgan fingerprint density at radius 1 is 1.00 bits per heavy atom. The number of ether oxygens (including phenoxy) is 2. The second-order valence-corrected chi connectivity index (χ2v) is 5.41. The van der Waals surface area contributed by atoms with Gasteiger partial charge in [0.1, 0.15) is 0 Å². The Kier molecular flexibility index (Phi) is 4.66. The van der Waals surface area contributed by atoms with Crippen molar-refractivity contribution in [2.75, 3.05) is 14.2 Å². The van der Waals surface area contributed by atoms with Gasteiger partial charge in [-0.1, -0.05) is 42.5 Å². The van der Waals surface area contributed by atoms with Gasteiger partial charge in [0.15, 0.2) is 0 Å². The van der Waals surface area contributed by atoms with Crippen molar-refractivity contribution in [3.8, 4) is 0 Å². The van der Waals surface area contributed by atoms with Gasteiger partial charge in [-0.2, -0.15) is 0 Å². The first kappa shape index (κ1) is 15.9. The molecule has 0 radical (unpaired) electrons. The molecule has 0 N–H and O–H groups in total. The zero-order valence-corrected chi connectivity index (χ0v) is 13.7. The molecule has 0 amide bonds. The average molecular weight is 321 g/mol. The van der Waals surface area contributed by atoms with Gasteiger partial charge >= 0.3 is 5.97 Å². The fraction of sp³-hybridized carbons (Fsp3) is 0.150. The Balaban J connectivity index is 1.98. The summed E-state index contributed by atoms with van der Waals surface area (Å²) in [6, 6.07) is 18.3. The molecular formula is C20H19NO3. The molecular weight excluding hydrogens is 302 g/mol. The molecule has 0 fully saturated rings. The number of benzene rings is 2. The van der Waals surface area contributed by atoms with E-state index in [0.29, 0.717) is 6.54 Å². The molecule has 2 aromatic carbocycles. The van der Waals surface area contributed by atoms with Gasteiger partial charge in [-0.05, 0) is 34.7 Å². The van der Waals surface area contributed by atoms with E-state index in [-0.39, 0.29) is 5.76 Å². The third kappa shape index (κ3) is 3.18. The molecule has 0 atom stereocenters. The molecule has 1 heterocycles. The molecule has 0 saturated carbocycles. The second-order valence-electron chi connectivity index (χ2n) is 5.41. The van der Waals surface area contributed by atoms with Crippen molar-refractivity contribution in [1.29, 1.82) is 0 Å². The van der Waals surface area contributed by atoms with Gasteiger partial charge < -0.3 is 14.0 Å². The van der Waals surface area contributed by atoms with E-state index in [2.05, 4.69) is 29.0 Å². The molecule has 0 aliphatic rings. The van der Waals surface area contributed by atoms with Crippen LogP contribution in [0.3, 0.4) is 0 Å². The zero-order valence-electron chi connectivity index (χ0n) is 13.7. The minimum absolute atomic E-state index is 0.183. The molecule has 4 heteroatoms. The maximum atomic E-state index is 11.7. The highest BCUT2D eigenvalue weighted by Crippen LogP contribution is 2.20. The minimum atomic E-state index is -0.487. The summed E-state index contributed by atoms with van der Waals surface area (Å²) in [6.07, 6.45) is 3.79. The van der Waals surface area contributed by atoms with Crippen molar-refractivity contribution in [2.45, 2.75) is 6.54 Å². The summed E-state index contributed by atoms with van der Waals surface area (Å²) in [6.45, 7) is 0.707. The molecule has 3 rings (SSSR count). The third-order valence-electron chi connectivity index (χ3n) is 3.97. The Morgan fingerprint density at radius 3 is 2.54 bits per heavy atom. The smallest absolute Gasteiger partial charge is 0.373 e. The van der Waals surface area contributed by atoms with Crippen molar-refractivity contribution < 1.29 is 14.3 Å². The summed E-state index contributed by atoms with van der Waals surface area (Å²) < 4.78 is 12.1. The van der Waals surface area contributed by atoms with E-state index in [4.69, 9.17) is 9.47 Å². The second kappa shape index (κ2) is 7.04. The number of carbonyl (C=O) groups is 1. The van der Waals surface area contributed by atoms with E-state index in [1.165, 1.54) is 25.1 Å². The molecule has 122 valence electrons. The van der Waals surface area contributed by atoms with Gasteiger partial charge in [-0.3, -0.25) is 0 Å². The fourth-order valence-corrected chi connectivity index (χ4v) is 2.72. The number of methoxy groups -OCH3 is 2. The lowest BCUT2D eigenvalue weighted by Gasteiger charge is -2.10. The summed E-state index contributed by atoms with van der Waals surface area (Å²) in [5.74, 6) is -0.305. The summed E-state index contributed by atoms with van der Waals surface area (Å²) in [5, 5.41) is 1.21. The highest BCUT2D eigenvalue weighted by Gasteiger charge is 2.11. The highest BCUT2D eigenvalue weighted by molar-refractivity contribution is 5.91. The van der Waals surface area contributed by atoms with Crippen molar-refractivity contribution >= 4 is 22.9 Å². The van der Waals surface area contributed by atoms with Crippen LogP contribution >= 0.6 is 0 Å². The Morgan fingerprint density at radius 2 is 1.75 bits per heavy atom. The van der Waals surface area contributed by atoms with Crippen LogP contribution in [0.1, 0.15) is 11.1 Å². The van der Waals surface area contributed by atoms with Crippen molar-refractivity contribution in [1.82, 2.24) is 4.57 Å². The molecule has 0 saturated heterocycles. The van der Waals surface area contributed by atoms with E-state index in [1.807, 2.05) is 36.4 Å². The van der Waals surface area contributed by atoms with E-state index in [1.54, 1.807) is 6.08 Å². The average Bonchev–Trinajstić information content (AvgIpc) is 3.03. The number of nitrogens with zero attached hydrogens (tertiary/aromatic N) is 1. The van der Waals surface area contributed by atoms with Gasteiger partial charge in [0.2, 0.25) is 5.76 Å². The van der Waals surface area contributed by atoms with Crippen LogP contribution in [0.25, 0.3) is 17.0 Å². The van der Waals surface area contributed by atoms with Crippen LogP contribution < -0.4 is 0 Å². The van der Waals surface area contributed by atoms with Crippen LogP contribution in [-0.2, 0) is 20.8 Å². The molecule has 0 spiro atoms. The molecule has 0 aliphatic heterocycles. The number of carbonyl (C=O) groups excluding carboxylic acids is 1. The molecule has 0 aliphatic carbocycles. The SMILES string of the molecule is COC(=O)C(=Cc1ccccc1Cn1ccc2ccccc21)OC. The van der Waals surface area contributed by atoms with Crippen LogP contribution in [0.4, 0.5) is 0 Å². The van der Waals surface area contributed by atoms with Crippen LogP contribution in [0, 0.1) is 0 Å². The number of hydrogen-bond acceptors (Lipinski definition) is 3. The highest BCUT2D eigenvalue weighted by atomic mass is 16.6. The van der Waals surface area contributed by atoms with Crippen LogP contribution in [-0.4, -0.2) is 24.8 Å². The standard InChI is InChI=1S/C20H19NO3/c1-23-19(20(22)24-2)13-16-8-3-4-9-17(16)14-21-12-11-15-7-5-6-10-18(15)21/h3-13H,14H2,1-2H3. The predicted molar refractivity (Wildman–Crippen MR) is 94.5 cm³/mol. The molecule has 4 nitrogen and oxygen atoms in total.